The second-order valence-electron chi connectivity index (χ2n) is 5.19. The average Bonchev–Trinajstić information content (AvgIpc) is 2.75. The van der Waals surface area contributed by atoms with Gasteiger partial charge < -0.3 is 9.47 Å². The van der Waals surface area contributed by atoms with Crippen LogP contribution in [0.25, 0.3) is 0 Å². The molecule has 0 saturated heterocycles. The Kier molecular flexibility index (Phi) is 7.02. The lowest BCUT2D eigenvalue weighted by Crippen LogP contribution is -2.37. The number of hydrogen-bond donors (Lipinski definition) is 0. The molecule has 0 radical (unpaired) electrons. The minimum absolute atomic E-state index is 0.0159. The number of nitriles is 4. The fraction of sp³-hybridized carbons (Fsp3) is 0.222. The molecule has 0 aliphatic heterocycles. The average molecular weight is 410 g/mol. The lowest BCUT2D eigenvalue weighted by atomic mass is 9.75. The van der Waals surface area contributed by atoms with Crippen LogP contribution in [0.3, 0.4) is 0 Å². The molecule has 0 bridgehead atoms. The molecule has 8 nitrogen and oxygen atoms in total. The van der Waals surface area contributed by atoms with Crippen LogP contribution in [0.2, 0.25) is 0 Å². The first-order valence-electron chi connectivity index (χ1n) is 7.23. The van der Waals surface area contributed by atoms with Crippen molar-refractivity contribution >= 4 is 47.1 Å². The normalized spacial score (nSPS) is 10.2. The highest BCUT2D eigenvalue weighted by Crippen LogP contribution is 2.34. The van der Waals surface area contributed by atoms with Gasteiger partial charge in [0.1, 0.15) is 24.3 Å². The molecule has 0 aromatic heterocycles. The number of methoxy groups -OCH3 is 2. The largest absolute Gasteiger partial charge is 0.467 e. The van der Waals surface area contributed by atoms with Crippen LogP contribution in [0.5, 0.6) is 0 Å². The maximum Gasteiger partial charge on any atom is 0.345 e. The number of rotatable bonds is 6. The molecule has 0 spiro atoms. The van der Waals surface area contributed by atoms with E-state index in [9.17, 15) is 30.6 Å². The van der Waals surface area contributed by atoms with Gasteiger partial charge in [0.15, 0.2) is 0 Å². The maximum absolute atomic E-state index is 12.2. The van der Waals surface area contributed by atoms with Crippen LogP contribution in [0.15, 0.2) is 12.1 Å². The van der Waals surface area contributed by atoms with Gasteiger partial charge in [-0.3, -0.25) is 0 Å². The van der Waals surface area contributed by atoms with Gasteiger partial charge in [-0.25, -0.2) is 9.59 Å². The number of nitrogens with zero attached hydrogens (tertiary/aromatic N) is 4. The Labute approximate surface area is 171 Å². The van der Waals surface area contributed by atoms with Crippen molar-refractivity contribution in [3.05, 3.63) is 34.4 Å². The van der Waals surface area contributed by atoms with Crippen LogP contribution in [0, 0.1) is 45.3 Å². The van der Waals surface area contributed by atoms with E-state index in [4.69, 9.17) is 24.4 Å². The first-order valence-corrected chi connectivity index (χ1v) is 8.17. The molecule has 10 heteroatoms. The van der Waals surface area contributed by atoms with Crippen LogP contribution in [0.4, 0.5) is 0 Å². The minimum atomic E-state index is -2.38. The third kappa shape index (κ3) is 3.19. The summed E-state index contributed by atoms with van der Waals surface area (Å²) in [5, 5.41) is 40.2. The fourth-order valence-corrected chi connectivity index (χ4v) is 2.87. The summed E-state index contributed by atoms with van der Waals surface area (Å²) in [7, 11) is 2.01. The predicted octanol–water partition coefficient (Wildman–Crippen LogP) is 1.30. The number of carbonyl (C=O) groups is 2. The van der Waals surface area contributed by atoms with E-state index in [0.29, 0.717) is 0 Å². The fourth-order valence-electron chi connectivity index (χ4n) is 2.48. The number of ether oxygens (including phenoxy) is 2. The van der Waals surface area contributed by atoms with Gasteiger partial charge >= 0.3 is 11.9 Å². The third-order valence-corrected chi connectivity index (χ3v) is 4.45. The zero-order valence-corrected chi connectivity index (χ0v) is 16.2. The van der Waals surface area contributed by atoms with Crippen molar-refractivity contribution in [2.45, 2.75) is 10.8 Å². The highest BCUT2D eigenvalue weighted by atomic mass is 32.1. The molecule has 0 aliphatic rings. The molecule has 0 N–H and O–H groups in total. The van der Waals surface area contributed by atoms with E-state index in [2.05, 4.69) is 9.47 Å². The van der Waals surface area contributed by atoms with Gasteiger partial charge in [-0.15, -0.1) is 0 Å². The van der Waals surface area contributed by atoms with E-state index in [1.54, 1.807) is 24.3 Å². The van der Waals surface area contributed by atoms with Crippen LogP contribution in [-0.2, 0) is 29.9 Å². The van der Waals surface area contributed by atoms with Gasteiger partial charge in [0.2, 0.25) is 0 Å². The second-order valence-corrected chi connectivity index (χ2v) is 5.66. The van der Waals surface area contributed by atoms with E-state index in [1.165, 1.54) is 0 Å². The molecule has 1 rings (SSSR count). The van der Waals surface area contributed by atoms with Crippen molar-refractivity contribution < 1.29 is 19.1 Å². The predicted molar refractivity (Wildman–Crippen MR) is 102 cm³/mol. The van der Waals surface area contributed by atoms with Gasteiger partial charge in [-0.1, -0.05) is 24.4 Å². The zero-order chi connectivity index (χ0) is 21.5. The first-order chi connectivity index (χ1) is 13.3. The molecular weight excluding hydrogens is 400 g/mol. The van der Waals surface area contributed by atoms with Crippen molar-refractivity contribution in [3.63, 3.8) is 0 Å². The molecule has 0 amide bonds. The Hall–Kier alpha value is -3.70. The summed E-state index contributed by atoms with van der Waals surface area (Å²) in [4.78, 5) is 24.4. The van der Waals surface area contributed by atoms with Crippen molar-refractivity contribution in [3.8, 4) is 24.3 Å². The van der Waals surface area contributed by atoms with Crippen LogP contribution in [-0.4, -0.2) is 36.9 Å². The summed E-state index contributed by atoms with van der Waals surface area (Å²) in [5.41, 5.74) is -5.10. The van der Waals surface area contributed by atoms with E-state index in [1.807, 2.05) is 0 Å². The Morgan fingerprint density at radius 3 is 1.29 bits per heavy atom. The van der Waals surface area contributed by atoms with E-state index >= 15 is 0 Å². The monoisotopic (exact) mass is 410 g/mol. The Morgan fingerprint density at radius 1 is 0.821 bits per heavy atom. The molecule has 1 aromatic rings. The summed E-state index contributed by atoms with van der Waals surface area (Å²) in [6.45, 7) is 0. The Morgan fingerprint density at radius 2 is 1.11 bits per heavy atom. The van der Waals surface area contributed by atoms with E-state index in [-0.39, 0.29) is 22.3 Å². The number of hydrogen-bond acceptors (Lipinski definition) is 10. The molecule has 0 heterocycles. The molecule has 28 heavy (non-hydrogen) atoms. The van der Waals surface area contributed by atoms with E-state index in [0.717, 1.165) is 37.1 Å². The van der Waals surface area contributed by atoms with Crippen molar-refractivity contribution in [2.24, 2.45) is 0 Å². The first kappa shape index (κ1) is 22.3. The number of carbonyl (C=O) groups excluding carboxylic acids is 2. The lowest BCUT2D eigenvalue weighted by Gasteiger charge is -2.23. The summed E-state index contributed by atoms with van der Waals surface area (Å²) in [6, 6.07) is 8.73. The summed E-state index contributed by atoms with van der Waals surface area (Å²) in [6.07, 6.45) is 0. The summed E-state index contributed by atoms with van der Waals surface area (Å²) < 4.78 is 9.15. The molecule has 0 atom stereocenters. The zero-order valence-electron chi connectivity index (χ0n) is 14.5. The number of esters is 2. The molecule has 0 unspecified atom stereocenters. The topological polar surface area (TPSA) is 148 Å². The Balaban J connectivity index is 4.11. The Bertz CT molecular complexity index is 926. The van der Waals surface area contributed by atoms with Crippen LogP contribution in [0.1, 0.15) is 22.3 Å². The third-order valence-electron chi connectivity index (χ3n) is 3.94. The lowest BCUT2D eigenvalue weighted by molar-refractivity contribution is -0.144. The highest BCUT2D eigenvalue weighted by Gasteiger charge is 2.48. The van der Waals surface area contributed by atoms with Crippen LogP contribution >= 0.6 is 24.4 Å². The van der Waals surface area contributed by atoms with Gasteiger partial charge in [0.25, 0.3) is 10.8 Å². The smallest absolute Gasteiger partial charge is 0.345 e. The van der Waals surface area contributed by atoms with Gasteiger partial charge in [-0.2, -0.15) is 21.0 Å². The summed E-state index contributed by atoms with van der Waals surface area (Å²) in [5.74, 6) is -2.31. The van der Waals surface area contributed by atoms with E-state index < -0.39 is 22.8 Å². The van der Waals surface area contributed by atoms with Gasteiger partial charge in [0, 0.05) is 21.9 Å². The molecule has 0 saturated carbocycles. The number of thiocarbonyl (C=S) groups is 2. The molecular formula is C18H10N4O4S2. The van der Waals surface area contributed by atoms with Crippen molar-refractivity contribution in [1.82, 2.24) is 0 Å². The second kappa shape index (κ2) is 8.79. The molecule has 0 aliphatic carbocycles. The minimum Gasteiger partial charge on any atom is -0.467 e. The molecule has 1 aromatic carbocycles. The number of benzene rings is 1. The highest BCUT2D eigenvalue weighted by molar-refractivity contribution is 7.79. The van der Waals surface area contributed by atoms with Crippen molar-refractivity contribution in [2.75, 3.05) is 14.2 Å². The summed E-state index contributed by atoms with van der Waals surface area (Å²) >= 11 is 9.82. The maximum atomic E-state index is 12.2. The quantitative estimate of drug-likeness (QED) is 0.496. The van der Waals surface area contributed by atoms with Crippen molar-refractivity contribution in [1.29, 1.82) is 21.0 Å². The van der Waals surface area contributed by atoms with Crippen LogP contribution < -0.4 is 0 Å². The molecule has 0 fully saturated rings. The van der Waals surface area contributed by atoms with Gasteiger partial charge in [0.05, 0.1) is 14.2 Å². The SMILES string of the molecule is COC(=O)C(C#N)(C#N)c1cc(C=S)c(C(C#N)(C#N)C(=O)OC)cc1C=S. The standard InChI is InChI=1S/C18H10N4O4S2/c1-25-15(23)17(7-19,8-20)13-3-12(6-28)14(4-11(13)5-27)18(9-21,10-22)16(24)26-2/h3-6H,1-2H3. The van der Waals surface area contributed by atoms with Gasteiger partial charge in [-0.05, 0) is 23.3 Å². The molecule has 138 valence electrons.